The first-order valence-electron chi connectivity index (χ1n) is 8.69. The third-order valence-corrected chi connectivity index (χ3v) is 6.80. The third-order valence-electron chi connectivity index (χ3n) is 5.62. The summed E-state index contributed by atoms with van der Waals surface area (Å²) in [4.78, 5) is 12.6. The van der Waals surface area contributed by atoms with E-state index in [9.17, 15) is 13.2 Å². The van der Waals surface area contributed by atoms with Crippen molar-refractivity contribution in [1.29, 1.82) is 0 Å². The third kappa shape index (κ3) is 3.29. The molecular formula is C18H26N2O3S. The van der Waals surface area contributed by atoms with Crippen LogP contribution in [-0.4, -0.2) is 33.2 Å². The Morgan fingerprint density at radius 3 is 2.71 bits per heavy atom. The molecule has 3 atom stereocenters. The Morgan fingerprint density at radius 2 is 2.00 bits per heavy atom. The average Bonchev–Trinajstić information content (AvgIpc) is 2.95. The van der Waals surface area contributed by atoms with Gasteiger partial charge in [0, 0.05) is 18.2 Å². The van der Waals surface area contributed by atoms with Crippen LogP contribution in [0.2, 0.25) is 0 Å². The quantitative estimate of drug-likeness (QED) is 0.911. The number of benzene rings is 1. The predicted molar refractivity (Wildman–Crippen MR) is 95.8 cm³/mol. The highest BCUT2D eigenvalue weighted by Crippen LogP contribution is 2.32. The summed E-state index contributed by atoms with van der Waals surface area (Å²) in [5.41, 5.74) is 2.25. The van der Waals surface area contributed by atoms with Gasteiger partial charge in [-0.1, -0.05) is 26.7 Å². The molecular weight excluding hydrogens is 324 g/mol. The Labute approximate surface area is 144 Å². The van der Waals surface area contributed by atoms with Gasteiger partial charge in [-0.25, -0.2) is 8.42 Å². The molecule has 1 aromatic carbocycles. The number of hydrogen-bond acceptors (Lipinski definition) is 3. The second kappa shape index (κ2) is 6.39. The summed E-state index contributed by atoms with van der Waals surface area (Å²) in [7, 11) is -3.25. The first-order chi connectivity index (χ1) is 11.3. The minimum absolute atomic E-state index is 0.0541. The van der Waals surface area contributed by atoms with Crippen molar-refractivity contribution in [2.24, 2.45) is 11.8 Å². The van der Waals surface area contributed by atoms with Gasteiger partial charge >= 0.3 is 0 Å². The van der Waals surface area contributed by atoms with Crippen LogP contribution >= 0.6 is 0 Å². The van der Waals surface area contributed by atoms with E-state index in [-0.39, 0.29) is 11.9 Å². The van der Waals surface area contributed by atoms with Gasteiger partial charge in [0.1, 0.15) is 0 Å². The minimum atomic E-state index is -3.25. The highest BCUT2D eigenvalue weighted by molar-refractivity contribution is 7.92. The van der Waals surface area contributed by atoms with Crippen molar-refractivity contribution >= 4 is 21.6 Å². The summed E-state index contributed by atoms with van der Waals surface area (Å²) in [5, 5.41) is 3.18. The van der Waals surface area contributed by atoms with Crippen LogP contribution in [0.4, 0.5) is 5.69 Å². The molecule has 132 valence electrons. The van der Waals surface area contributed by atoms with E-state index in [0.717, 1.165) is 18.4 Å². The lowest BCUT2D eigenvalue weighted by atomic mass is 9.78. The smallest absolute Gasteiger partial charge is 0.251 e. The second-order valence-corrected chi connectivity index (χ2v) is 9.18. The molecule has 5 nitrogen and oxygen atoms in total. The molecule has 3 rings (SSSR count). The molecule has 1 amide bonds. The number of carbonyl (C=O) groups excluding carboxylic acids is 1. The number of fused-ring (bicyclic) bond motifs is 1. The van der Waals surface area contributed by atoms with E-state index in [1.807, 2.05) is 6.07 Å². The van der Waals surface area contributed by atoms with Crippen LogP contribution in [0.25, 0.3) is 0 Å². The van der Waals surface area contributed by atoms with Crippen molar-refractivity contribution in [2.45, 2.75) is 45.6 Å². The van der Waals surface area contributed by atoms with Crippen molar-refractivity contribution in [3.63, 3.8) is 0 Å². The summed E-state index contributed by atoms with van der Waals surface area (Å²) in [6.07, 6.45) is 5.29. The van der Waals surface area contributed by atoms with Crippen LogP contribution < -0.4 is 9.62 Å². The molecule has 0 bridgehead atoms. The van der Waals surface area contributed by atoms with Gasteiger partial charge in [-0.2, -0.15) is 0 Å². The number of sulfonamides is 1. The fourth-order valence-corrected chi connectivity index (χ4v) is 4.85. The van der Waals surface area contributed by atoms with E-state index in [1.165, 1.54) is 17.0 Å². The van der Waals surface area contributed by atoms with Gasteiger partial charge in [0.2, 0.25) is 10.0 Å². The Hall–Kier alpha value is -1.56. The van der Waals surface area contributed by atoms with Crippen molar-refractivity contribution in [3.05, 3.63) is 29.3 Å². The van der Waals surface area contributed by atoms with Gasteiger partial charge in [0.05, 0.1) is 11.9 Å². The van der Waals surface area contributed by atoms with E-state index in [1.54, 1.807) is 12.1 Å². The molecule has 1 aromatic rings. The maximum absolute atomic E-state index is 12.6. The molecule has 1 aliphatic carbocycles. The summed E-state index contributed by atoms with van der Waals surface area (Å²) >= 11 is 0. The van der Waals surface area contributed by atoms with Crippen LogP contribution in [0.1, 0.15) is 49.0 Å². The number of carbonyl (C=O) groups is 1. The zero-order valence-corrected chi connectivity index (χ0v) is 15.4. The van der Waals surface area contributed by atoms with Crippen LogP contribution in [0, 0.1) is 11.8 Å². The molecule has 24 heavy (non-hydrogen) atoms. The number of amides is 1. The molecule has 2 aliphatic rings. The highest BCUT2D eigenvalue weighted by atomic mass is 32.2. The summed E-state index contributed by atoms with van der Waals surface area (Å²) in [6, 6.07) is 5.55. The SMILES string of the molecule is C[C@H]1[C@H](C)CCC[C@@H]1NC(=O)c1ccc2c(c1)CCN2S(C)(=O)=O. The number of hydrogen-bond donors (Lipinski definition) is 1. The normalized spacial score (nSPS) is 27.0. The first-order valence-corrected chi connectivity index (χ1v) is 10.5. The summed E-state index contributed by atoms with van der Waals surface area (Å²) in [6.45, 7) is 4.91. The lowest BCUT2D eigenvalue weighted by Gasteiger charge is -2.34. The van der Waals surface area contributed by atoms with Crippen molar-refractivity contribution in [1.82, 2.24) is 5.32 Å². The van der Waals surface area contributed by atoms with Crippen molar-refractivity contribution < 1.29 is 13.2 Å². The van der Waals surface area contributed by atoms with Crippen LogP contribution in [0.5, 0.6) is 0 Å². The molecule has 1 fully saturated rings. The monoisotopic (exact) mass is 350 g/mol. The standard InChI is InChI=1S/C18H26N2O3S/c1-12-5-4-6-16(13(12)2)19-18(21)15-7-8-17-14(11-15)9-10-20(17)24(3,22)23/h7-8,11-13,16H,4-6,9-10H2,1-3H3,(H,19,21)/t12-,13+,16+/m1/s1. The maximum atomic E-state index is 12.6. The van der Waals surface area contributed by atoms with Crippen LogP contribution in [-0.2, 0) is 16.4 Å². The molecule has 1 N–H and O–H groups in total. The van der Waals surface area contributed by atoms with Gasteiger partial charge in [-0.05, 0) is 48.4 Å². The predicted octanol–water partition coefficient (Wildman–Crippen LogP) is 2.56. The number of rotatable bonds is 3. The fraction of sp³-hybridized carbons (Fsp3) is 0.611. The molecule has 0 spiro atoms. The molecule has 6 heteroatoms. The Kier molecular flexibility index (Phi) is 4.60. The topological polar surface area (TPSA) is 66.5 Å². The van der Waals surface area contributed by atoms with E-state index in [2.05, 4.69) is 19.2 Å². The second-order valence-electron chi connectivity index (χ2n) is 7.28. The zero-order valence-electron chi connectivity index (χ0n) is 14.6. The molecule has 1 heterocycles. The van der Waals surface area contributed by atoms with Gasteiger partial charge in [-0.15, -0.1) is 0 Å². The Bertz CT molecular complexity index is 745. The fourth-order valence-electron chi connectivity index (χ4n) is 3.89. The van der Waals surface area contributed by atoms with E-state index in [4.69, 9.17) is 0 Å². The van der Waals surface area contributed by atoms with Crippen molar-refractivity contribution in [2.75, 3.05) is 17.1 Å². The van der Waals surface area contributed by atoms with Gasteiger partial charge in [0.15, 0.2) is 0 Å². The maximum Gasteiger partial charge on any atom is 0.251 e. The van der Waals surface area contributed by atoms with E-state index >= 15 is 0 Å². The number of nitrogens with one attached hydrogen (secondary N) is 1. The molecule has 0 saturated heterocycles. The largest absolute Gasteiger partial charge is 0.349 e. The first kappa shape index (κ1) is 17.3. The van der Waals surface area contributed by atoms with E-state index < -0.39 is 10.0 Å². The molecule has 1 aliphatic heterocycles. The van der Waals surface area contributed by atoms with Gasteiger partial charge in [-0.3, -0.25) is 9.10 Å². The lowest BCUT2D eigenvalue weighted by Crippen LogP contribution is -2.43. The van der Waals surface area contributed by atoms with Crippen molar-refractivity contribution in [3.8, 4) is 0 Å². The lowest BCUT2D eigenvalue weighted by molar-refractivity contribution is 0.0891. The minimum Gasteiger partial charge on any atom is -0.349 e. The molecule has 1 saturated carbocycles. The van der Waals surface area contributed by atoms with Crippen LogP contribution in [0.3, 0.4) is 0 Å². The number of nitrogens with zero attached hydrogens (tertiary/aromatic N) is 1. The molecule has 0 aromatic heterocycles. The molecule has 0 unspecified atom stereocenters. The van der Waals surface area contributed by atoms with Crippen LogP contribution in [0.15, 0.2) is 18.2 Å². The zero-order chi connectivity index (χ0) is 17.5. The Morgan fingerprint density at radius 1 is 1.25 bits per heavy atom. The van der Waals surface area contributed by atoms with E-state index in [0.29, 0.717) is 36.1 Å². The number of anilines is 1. The highest BCUT2D eigenvalue weighted by Gasteiger charge is 2.30. The van der Waals surface area contributed by atoms with Gasteiger partial charge < -0.3 is 5.32 Å². The molecule has 0 radical (unpaired) electrons. The Balaban J connectivity index is 1.75. The summed E-state index contributed by atoms with van der Waals surface area (Å²) < 4.78 is 25.0. The van der Waals surface area contributed by atoms with Gasteiger partial charge in [0.25, 0.3) is 5.91 Å². The average molecular weight is 350 g/mol. The summed E-state index contributed by atoms with van der Waals surface area (Å²) in [5.74, 6) is 1.06.